The molecular formula is C49H88O10. The second kappa shape index (κ2) is 40.0. The van der Waals surface area contributed by atoms with Crippen LogP contribution in [0.1, 0.15) is 206 Å². The molecule has 59 heavy (non-hydrogen) atoms. The van der Waals surface area contributed by atoms with Crippen LogP contribution in [0.25, 0.3) is 0 Å². The van der Waals surface area contributed by atoms with E-state index in [0.29, 0.717) is 12.8 Å². The Balaban J connectivity index is 2.30. The molecule has 1 rings (SSSR count). The van der Waals surface area contributed by atoms with Gasteiger partial charge in [0, 0.05) is 12.8 Å². The molecule has 2 unspecified atom stereocenters. The summed E-state index contributed by atoms with van der Waals surface area (Å²) in [7, 11) is 0. The molecule has 4 N–H and O–H groups in total. The topological polar surface area (TPSA) is 152 Å². The Morgan fingerprint density at radius 3 is 1.46 bits per heavy atom. The van der Waals surface area contributed by atoms with E-state index in [-0.39, 0.29) is 32.0 Å². The van der Waals surface area contributed by atoms with E-state index in [4.69, 9.17) is 18.9 Å². The van der Waals surface area contributed by atoms with Crippen molar-refractivity contribution in [2.24, 2.45) is 0 Å². The van der Waals surface area contributed by atoms with Crippen LogP contribution in [0.4, 0.5) is 0 Å². The van der Waals surface area contributed by atoms with Gasteiger partial charge >= 0.3 is 11.9 Å². The van der Waals surface area contributed by atoms with E-state index in [1.165, 1.54) is 103 Å². The molecule has 344 valence electrons. The zero-order valence-corrected chi connectivity index (χ0v) is 37.5. The number of ether oxygens (including phenoxy) is 4. The van der Waals surface area contributed by atoms with Gasteiger partial charge in [-0.1, -0.05) is 159 Å². The smallest absolute Gasteiger partial charge is 0.306 e. The monoisotopic (exact) mass is 837 g/mol. The van der Waals surface area contributed by atoms with Crippen molar-refractivity contribution in [3.63, 3.8) is 0 Å². The first-order chi connectivity index (χ1) is 28.8. The zero-order valence-electron chi connectivity index (χ0n) is 37.5. The summed E-state index contributed by atoms with van der Waals surface area (Å²) in [5.74, 6) is -0.817. The standard InChI is InChI=1S/C49H88O10/c1-3-5-7-9-11-13-15-17-19-20-21-22-24-26-28-30-32-34-36-38-45(52)58-42(41-57-49-48(55)47(54)46(53)43(39-50)59-49)40-56-44(51)37-35-33-31-29-27-25-23-18-16-14-12-10-8-6-4-2/h11,13,17-19,23,42-43,46-50,53-55H,3-10,12,14-16,20-22,24-41H2,1-2H3/b13-11+,19-17+,23-18+/t42-,43-,46+,47?,48?,49-/m1/s1. The average Bonchev–Trinajstić information content (AvgIpc) is 3.23. The van der Waals surface area contributed by atoms with E-state index in [9.17, 15) is 30.0 Å². The van der Waals surface area contributed by atoms with Crippen LogP contribution < -0.4 is 0 Å². The predicted molar refractivity (Wildman–Crippen MR) is 238 cm³/mol. The lowest BCUT2D eigenvalue weighted by Gasteiger charge is -2.39. The molecule has 6 atom stereocenters. The molecule has 1 fully saturated rings. The van der Waals surface area contributed by atoms with Crippen LogP contribution in [0.2, 0.25) is 0 Å². The molecule has 1 heterocycles. The number of aliphatic hydroxyl groups excluding tert-OH is 4. The van der Waals surface area contributed by atoms with Gasteiger partial charge in [0.2, 0.25) is 0 Å². The van der Waals surface area contributed by atoms with Gasteiger partial charge in [-0.25, -0.2) is 0 Å². The fourth-order valence-corrected chi connectivity index (χ4v) is 7.15. The molecule has 0 bridgehead atoms. The highest BCUT2D eigenvalue weighted by Crippen LogP contribution is 2.23. The fraction of sp³-hybridized carbons (Fsp3) is 0.837. The lowest BCUT2D eigenvalue weighted by molar-refractivity contribution is -0.305. The molecule has 10 heteroatoms. The molecule has 10 nitrogen and oxygen atoms in total. The number of carbonyl (C=O) groups is 2. The summed E-state index contributed by atoms with van der Waals surface area (Å²) in [6.07, 6.45) is 38.6. The Bertz CT molecular complexity index is 1060. The van der Waals surface area contributed by atoms with Gasteiger partial charge in [0.15, 0.2) is 12.4 Å². The van der Waals surface area contributed by atoms with E-state index in [0.717, 1.165) is 64.2 Å². The largest absolute Gasteiger partial charge is 0.462 e. The van der Waals surface area contributed by atoms with Crippen molar-refractivity contribution >= 4 is 11.9 Å². The summed E-state index contributed by atoms with van der Waals surface area (Å²) in [4.78, 5) is 25.4. The van der Waals surface area contributed by atoms with E-state index in [2.05, 4.69) is 50.3 Å². The Labute approximate surface area is 359 Å². The third-order valence-electron chi connectivity index (χ3n) is 11.0. The second-order valence-corrected chi connectivity index (χ2v) is 16.6. The van der Waals surface area contributed by atoms with Crippen LogP contribution in [-0.4, -0.2) is 89.0 Å². The van der Waals surface area contributed by atoms with E-state index in [1.807, 2.05) is 0 Å². The normalized spacial score (nSPS) is 20.3. The highest BCUT2D eigenvalue weighted by Gasteiger charge is 2.44. The van der Waals surface area contributed by atoms with Crippen molar-refractivity contribution in [1.82, 2.24) is 0 Å². The van der Waals surface area contributed by atoms with Crippen molar-refractivity contribution in [1.29, 1.82) is 0 Å². The molecule has 0 amide bonds. The first-order valence-corrected chi connectivity index (χ1v) is 24.1. The van der Waals surface area contributed by atoms with Gasteiger partial charge in [-0.15, -0.1) is 0 Å². The van der Waals surface area contributed by atoms with Gasteiger partial charge in [-0.2, -0.15) is 0 Å². The molecule has 0 aromatic rings. The predicted octanol–water partition coefficient (Wildman–Crippen LogP) is 10.7. The quantitative estimate of drug-likeness (QED) is 0.0267. The van der Waals surface area contributed by atoms with Gasteiger partial charge in [-0.05, 0) is 70.6 Å². The van der Waals surface area contributed by atoms with Crippen LogP contribution in [0.15, 0.2) is 36.5 Å². The molecule has 0 aromatic carbocycles. The summed E-state index contributed by atoms with van der Waals surface area (Å²) in [6, 6.07) is 0. The highest BCUT2D eigenvalue weighted by molar-refractivity contribution is 5.70. The number of aliphatic hydroxyl groups is 4. The van der Waals surface area contributed by atoms with Crippen molar-refractivity contribution in [3.05, 3.63) is 36.5 Å². The summed E-state index contributed by atoms with van der Waals surface area (Å²) in [5.41, 5.74) is 0. The third-order valence-corrected chi connectivity index (χ3v) is 11.0. The maximum Gasteiger partial charge on any atom is 0.306 e. The van der Waals surface area contributed by atoms with Gasteiger partial charge in [0.1, 0.15) is 31.0 Å². The summed E-state index contributed by atoms with van der Waals surface area (Å²) in [5, 5.41) is 40.1. The molecule has 0 spiro atoms. The maximum absolute atomic E-state index is 12.8. The average molecular weight is 837 g/mol. The molecule has 1 aliphatic heterocycles. The van der Waals surface area contributed by atoms with Crippen LogP contribution >= 0.6 is 0 Å². The fourth-order valence-electron chi connectivity index (χ4n) is 7.15. The van der Waals surface area contributed by atoms with Gasteiger partial charge < -0.3 is 39.4 Å². The van der Waals surface area contributed by atoms with E-state index in [1.54, 1.807) is 0 Å². The molecule has 1 saturated heterocycles. The van der Waals surface area contributed by atoms with Crippen molar-refractivity contribution in [2.45, 2.75) is 243 Å². The Kier molecular flexibility index (Phi) is 37.3. The Morgan fingerprint density at radius 2 is 0.949 bits per heavy atom. The van der Waals surface area contributed by atoms with Crippen molar-refractivity contribution < 1.29 is 49.0 Å². The maximum atomic E-state index is 12.8. The van der Waals surface area contributed by atoms with Crippen LogP contribution in [0.3, 0.4) is 0 Å². The molecule has 0 aliphatic carbocycles. The molecule has 1 aliphatic rings. The van der Waals surface area contributed by atoms with E-state index >= 15 is 0 Å². The van der Waals surface area contributed by atoms with Crippen LogP contribution in [-0.2, 0) is 28.5 Å². The number of carbonyl (C=O) groups excluding carboxylic acids is 2. The number of hydrogen-bond acceptors (Lipinski definition) is 10. The number of esters is 2. The summed E-state index contributed by atoms with van der Waals surface area (Å²) < 4.78 is 22.2. The minimum Gasteiger partial charge on any atom is -0.462 e. The third kappa shape index (κ3) is 31.4. The lowest BCUT2D eigenvalue weighted by Crippen LogP contribution is -2.59. The molecule has 0 aromatic heterocycles. The van der Waals surface area contributed by atoms with Crippen LogP contribution in [0.5, 0.6) is 0 Å². The van der Waals surface area contributed by atoms with Gasteiger partial charge in [0.05, 0.1) is 13.2 Å². The molecular weight excluding hydrogens is 749 g/mol. The molecule has 0 radical (unpaired) electrons. The minimum atomic E-state index is -1.60. The second-order valence-electron chi connectivity index (χ2n) is 16.6. The zero-order chi connectivity index (χ0) is 43.0. The van der Waals surface area contributed by atoms with Crippen molar-refractivity contribution in [2.75, 3.05) is 19.8 Å². The number of rotatable bonds is 40. The summed E-state index contributed by atoms with van der Waals surface area (Å²) in [6.45, 7) is 3.39. The lowest BCUT2D eigenvalue weighted by atomic mass is 9.99. The first kappa shape index (κ1) is 54.9. The Hall–Kier alpha value is -2.08. The van der Waals surface area contributed by atoms with Gasteiger partial charge in [-0.3, -0.25) is 9.59 Å². The van der Waals surface area contributed by atoms with Crippen LogP contribution in [0, 0.1) is 0 Å². The van der Waals surface area contributed by atoms with Gasteiger partial charge in [0.25, 0.3) is 0 Å². The highest BCUT2D eigenvalue weighted by atomic mass is 16.7. The first-order valence-electron chi connectivity index (χ1n) is 24.1. The minimum absolute atomic E-state index is 0.222. The Morgan fingerprint density at radius 1 is 0.525 bits per heavy atom. The number of hydrogen-bond donors (Lipinski definition) is 4. The number of unbranched alkanes of at least 4 members (excludes halogenated alkanes) is 23. The van der Waals surface area contributed by atoms with E-state index < -0.39 is 49.4 Å². The molecule has 0 saturated carbocycles. The number of allylic oxidation sites excluding steroid dienone is 6. The van der Waals surface area contributed by atoms with Crippen molar-refractivity contribution in [3.8, 4) is 0 Å². The summed E-state index contributed by atoms with van der Waals surface area (Å²) >= 11 is 0. The SMILES string of the molecule is CCCCC/C=C/C/C=C/CCCCCCCCCCCC(=O)O[C@H](COC(=O)CCCCCCC/C=C/CCCCCCCC)CO[C@@H]1O[C@H](CO)[C@H](O)C(O)C1O.